The van der Waals surface area contributed by atoms with E-state index in [0.29, 0.717) is 0 Å². The summed E-state index contributed by atoms with van der Waals surface area (Å²) in [6.07, 6.45) is 3.14. The topological polar surface area (TPSA) is 43.1 Å². The zero-order valence-electron chi connectivity index (χ0n) is 7.11. The van der Waals surface area contributed by atoms with E-state index in [-0.39, 0.29) is 11.3 Å². The van der Waals surface area contributed by atoms with Crippen molar-refractivity contribution in [3.63, 3.8) is 0 Å². The van der Waals surface area contributed by atoms with Crippen molar-refractivity contribution in [1.82, 2.24) is 0 Å². The van der Waals surface area contributed by atoms with Crippen LogP contribution in [0.4, 0.5) is 0 Å². The number of amides is 1. The molecule has 0 unspecified atom stereocenters. The van der Waals surface area contributed by atoms with Crippen LogP contribution in [0.1, 0.15) is 40.0 Å². The Balaban J connectivity index is 0.000000371. The standard InChI is InChI=1S/C6H11NO.C2H6/c1-6(5(7)8)3-2-4-6;1-2/h2-4H2,1H3,(H2,7,8);1-2H3. The largest absolute Gasteiger partial charge is 0.369 e. The maximum Gasteiger partial charge on any atom is 0.223 e. The minimum Gasteiger partial charge on any atom is -0.369 e. The summed E-state index contributed by atoms with van der Waals surface area (Å²) >= 11 is 0. The Labute approximate surface area is 62.8 Å². The van der Waals surface area contributed by atoms with E-state index in [0.717, 1.165) is 12.8 Å². The molecule has 1 fully saturated rings. The lowest BCUT2D eigenvalue weighted by atomic mass is 9.70. The molecular weight excluding hydrogens is 126 g/mol. The average Bonchev–Trinajstić information content (AvgIpc) is 1.87. The van der Waals surface area contributed by atoms with E-state index in [1.54, 1.807) is 0 Å². The summed E-state index contributed by atoms with van der Waals surface area (Å²) in [5.74, 6) is -0.135. The van der Waals surface area contributed by atoms with Crippen LogP contribution in [0.25, 0.3) is 0 Å². The van der Waals surface area contributed by atoms with E-state index in [9.17, 15) is 4.79 Å². The van der Waals surface area contributed by atoms with Crippen LogP contribution in [0.15, 0.2) is 0 Å². The molecule has 2 N–H and O–H groups in total. The summed E-state index contributed by atoms with van der Waals surface area (Å²) in [6.45, 7) is 5.93. The van der Waals surface area contributed by atoms with Crippen LogP contribution in [0, 0.1) is 5.41 Å². The van der Waals surface area contributed by atoms with Gasteiger partial charge in [-0.15, -0.1) is 0 Å². The molecule has 0 aliphatic heterocycles. The zero-order chi connectivity index (χ0) is 8.20. The third-order valence-electron chi connectivity index (χ3n) is 2.05. The lowest BCUT2D eigenvalue weighted by Crippen LogP contribution is -2.39. The van der Waals surface area contributed by atoms with Gasteiger partial charge in [-0.2, -0.15) is 0 Å². The molecule has 0 radical (unpaired) electrons. The van der Waals surface area contributed by atoms with Crippen molar-refractivity contribution in [2.24, 2.45) is 11.1 Å². The highest BCUT2D eigenvalue weighted by Gasteiger charge is 2.37. The number of primary amides is 1. The van der Waals surface area contributed by atoms with Crippen molar-refractivity contribution < 1.29 is 4.79 Å². The number of hydrogen-bond donors (Lipinski definition) is 1. The molecule has 1 saturated carbocycles. The second-order valence-electron chi connectivity index (χ2n) is 2.78. The predicted octanol–water partition coefficient (Wildman–Crippen LogP) is 1.69. The van der Waals surface area contributed by atoms with Crippen molar-refractivity contribution in [1.29, 1.82) is 0 Å². The Bertz CT molecular complexity index is 116. The van der Waals surface area contributed by atoms with Gasteiger partial charge in [0, 0.05) is 5.41 Å². The summed E-state index contributed by atoms with van der Waals surface area (Å²) in [5, 5.41) is 0. The number of carbonyl (C=O) groups excluding carboxylic acids is 1. The summed E-state index contributed by atoms with van der Waals surface area (Å²) in [4.78, 5) is 10.5. The number of hydrogen-bond acceptors (Lipinski definition) is 1. The molecular formula is C8H17NO. The minimum absolute atomic E-state index is 0.135. The molecule has 10 heavy (non-hydrogen) atoms. The van der Waals surface area contributed by atoms with Gasteiger partial charge < -0.3 is 5.73 Å². The van der Waals surface area contributed by atoms with Gasteiger partial charge in [0.1, 0.15) is 0 Å². The van der Waals surface area contributed by atoms with Gasteiger partial charge in [0.05, 0.1) is 0 Å². The molecule has 0 bridgehead atoms. The van der Waals surface area contributed by atoms with Gasteiger partial charge in [-0.25, -0.2) is 0 Å². The van der Waals surface area contributed by atoms with Gasteiger partial charge in [0.25, 0.3) is 0 Å². The monoisotopic (exact) mass is 143 g/mol. The molecule has 0 aromatic heterocycles. The second kappa shape index (κ2) is 3.59. The number of carbonyl (C=O) groups is 1. The summed E-state index contributed by atoms with van der Waals surface area (Å²) in [6, 6.07) is 0. The molecule has 0 spiro atoms. The molecule has 2 heteroatoms. The van der Waals surface area contributed by atoms with Gasteiger partial charge in [-0.3, -0.25) is 4.79 Å². The van der Waals surface area contributed by atoms with Crippen molar-refractivity contribution in [2.45, 2.75) is 40.0 Å². The Morgan fingerprint density at radius 1 is 1.40 bits per heavy atom. The number of nitrogens with two attached hydrogens (primary N) is 1. The van der Waals surface area contributed by atoms with Crippen molar-refractivity contribution in [3.05, 3.63) is 0 Å². The first-order valence-corrected chi connectivity index (χ1v) is 3.95. The van der Waals surface area contributed by atoms with Gasteiger partial charge in [-0.1, -0.05) is 27.2 Å². The molecule has 0 aromatic carbocycles. The fraction of sp³-hybridized carbons (Fsp3) is 0.875. The molecule has 1 rings (SSSR count). The molecule has 0 aromatic rings. The highest BCUT2D eigenvalue weighted by molar-refractivity contribution is 5.81. The first-order valence-electron chi connectivity index (χ1n) is 3.95. The average molecular weight is 143 g/mol. The molecule has 60 valence electrons. The molecule has 0 saturated heterocycles. The van der Waals surface area contributed by atoms with E-state index < -0.39 is 0 Å². The van der Waals surface area contributed by atoms with E-state index in [1.807, 2.05) is 20.8 Å². The van der Waals surface area contributed by atoms with Gasteiger partial charge >= 0.3 is 0 Å². The van der Waals surface area contributed by atoms with E-state index in [2.05, 4.69) is 0 Å². The molecule has 0 atom stereocenters. The summed E-state index contributed by atoms with van der Waals surface area (Å²) in [7, 11) is 0. The third kappa shape index (κ3) is 1.72. The first kappa shape index (κ1) is 9.47. The van der Waals surface area contributed by atoms with Gasteiger partial charge in [0.15, 0.2) is 0 Å². The Kier molecular flexibility index (Phi) is 3.40. The van der Waals surface area contributed by atoms with Crippen LogP contribution in [0.3, 0.4) is 0 Å². The van der Waals surface area contributed by atoms with E-state index >= 15 is 0 Å². The van der Waals surface area contributed by atoms with Crippen LogP contribution in [0.2, 0.25) is 0 Å². The van der Waals surface area contributed by atoms with Crippen LogP contribution in [-0.4, -0.2) is 5.91 Å². The highest BCUT2D eigenvalue weighted by atomic mass is 16.1. The lowest BCUT2D eigenvalue weighted by molar-refractivity contribution is -0.131. The van der Waals surface area contributed by atoms with Crippen LogP contribution >= 0.6 is 0 Å². The van der Waals surface area contributed by atoms with Crippen LogP contribution < -0.4 is 5.73 Å². The smallest absolute Gasteiger partial charge is 0.223 e. The van der Waals surface area contributed by atoms with Crippen LogP contribution in [0.5, 0.6) is 0 Å². The molecule has 1 aliphatic rings. The number of rotatable bonds is 1. The second-order valence-corrected chi connectivity index (χ2v) is 2.78. The third-order valence-corrected chi connectivity index (χ3v) is 2.05. The highest BCUT2D eigenvalue weighted by Crippen LogP contribution is 2.39. The Morgan fingerprint density at radius 2 is 1.80 bits per heavy atom. The van der Waals surface area contributed by atoms with Gasteiger partial charge in [-0.05, 0) is 12.8 Å². The quantitative estimate of drug-likeness (QED) is 0.596. The molecule has 0 heterocycles. The summed E-state index contributed by atoms with van der Waals surface area (Å²) < 4.78 is 0. The fourth-order valence-electron chi connectivity index (χ4n) is 0.954. The predicted molar refractivity (Wildman–Crippen MR) is 42.5 cm³/mol. The maximum absolute atomic E-state index is 10.5. The normalized spacial score (nSPS) is 19.9. The lowest BCUT2D eigenvalue weighted by Gasteiger charge is -2.34. The minimum atomic E-state index is -0.139. The molecule has 2 nitrogen and oxygen atoms in total. The zero-order valence-corrected chi connectivity index (χ0v) is 7.11. The summed E-state index contributed by atoms with van der Waals surface area (Å²) in [5.41, 5.74) is 4.95. The Morgan fingerprint density at radius 3 is 1.80 bits per heavy atom. The van der Waals surface area contributed by atoms with Crippen molar-refractivity contribution in [3.8, 4) is 0 Å². The van der Waals surface area contributed by atoms with E-state index in [1.165, 1.54) is 6.42 Å². The Hall–Kier alpha value is -0.530. The maximum atomic E-state index is 10.5. The van der Waals surface area contributed by atoms with Crippen molar-refractivity contribution >= 4 is 5.91 Å². The molecule has 1 aliphatic carbocycles. The van der Waals surface area contributed by atoms with E-state index in [4.69, 9.17) is 5.73 Å². The van der Waals surface area contributed by atoms with Gasteiger partial charge in [0.2, 0.25) is 5.91 Å². The van der Waals surface area contributed by atoms with Crippen molar-refractivity contribution in [2.75, 3.05) is 0 Å². The fourth-order valence-corrected chi connectivity index (χ4v) is 0.954. The van der Waals surface area contributed by atoms with Crippen LogP contribution in [-0.2, 0) is 4.79 Å². The molecule has 1 amide bonds. The SMILES string of the molecule is CC.CC1(C(N)=O)CCC1. The first-order chi connectivity index (χ1) is 4.65.